The van der Waals surface area contributed by atoms with Gasteiger partial charge in [-0.3, -0.25) is 15.0 Å². The summed E-state index contributed by atoms with van der Waals surface area (Å²) in [5.74, 6) is -2.01. The molecule has 156 valence electrons. The maximum absolute atomic E-state index is 12.7. The number of rotatable bonds is 5. The molecule has 1 aliphatic carbocycles. The third kappa shape index (κ3) is 5.23. The number of hydrazine groups is 1. The van der Waals surface area contributed by atoms with Crippen LogP contribution in [0.1, 0.15) is 21.8 Å². The first-order valence-corrected chi connectivity index (χ1v) is 9.95. The van der Waals surface area contributed by atoms with Gasteiger partial charge >= 0.3 is 0 Å². The van der Waals surface area contributed by atoms with Gasteiger partial charge in [-0.2, -0.15) is 0 Å². The van der Waals surface area contributed by atoms with Crippen LogP contribution in [0.5, 0.6) is 0 Å². The number of halogens is 6. The zero-order valence-corrected chi connectivity index (χ0v) is 19.3. The number of benzene rings is 2. The molecule has 1 aliphatic rings. The Morgan fingerprint density at radius 3 is 2.21 bits per heavy atom. The summed E-state index contributed by atoms with van der Waals surface area (Å²) >= 11 is 30.8. The van der Waals surface area contributed by atoms with Crippen molar-refractivity contribution >= 4 is 87.9 Å². The molecule has 2 amide bonds. The van der Waals surface area contributed by atoms with Crippen molar-refractivity contribution in [2.75, 3.05) is 12.4 Å². The second kappa shape index (κ2) is 9.48. The summed E-state index contributed by atoms with van der Waals surface area (Å²) < 4.78 is -1.29. The molecule has 5 nitrogen and oxygen atoms in total. The van der Waals surface area contributed by atoms with E-state index in [2.05, 4.69) is 16.2 Å². The number of anilines is 1. The molecular formula is C18H15Cl6N3O2. The molecule has 29 heavy (non-hydrogen) atoms. The number of nitrogens with one attached hydrogen (secondary N) is 3. The fourth-order valence-corrected chi connectivity index (χ4v) is 4.57. The van der Waals surface area contributed by atoms with Crippen LogP contribution in [-0.4, -0.2) is 23.2 Å². The van der Waals surface area contributed by atoms with Crippen LogP contribution in [0.4, 0.5) is 5.69 Å². The number of carbonyl (C=O) groups is 2. The van der Waals surface area contributed by atoms with E-state index in [0.717, 1.165) is 0 Å². The summed E-state index contributed by atoms with van der Waals surface area (Å²) in [5.41, 5.74) is 6.20. The zero-order valence-electron chi connectivity index (χ0n) is 14.7. The van der Waals surface area contributed by atoms with E-state index in [4.69, 9.17) is 58.0 Å². The van der Waals surface area contributed by atoms with Crippen LogP contribution in [0.2, 0.25) is 15.1 Å². The van der Waals surface area contributed by atoms with Gasteiger partial charge in [0.25, 0.3) is 5.91 Å². The van der Waals surface area contributed by atoms with Crippen LogP contribution in [0, 0.1) is 5.92 Å². The van der Waals surface area contributed by atoms with Crippen molar-refractivity contribution in [2.24, 2.45) is 5.92 Å². The van der Waals surface area contributed by atoms with Gasteiger partial charge < -0.3 is 5.32 Å². The predicted octanol–water partition coefficient (Wildman–Crippen LogP) is 5.46. The van der Waals surface area contributed by atoms with E-state index in [1.54, 1.807) is 31.3 Å². The highest BCUT2D eigenvalue weighted by molar-refractivity contribution is 6.53. The number of alkyl halides is 2. The van der Waals surface area contributed by atoms with E-state index >= 15 is 0 Å². The fraction of sp³-hybridized carbons (Fsp3) is 0.222. The van der Waals surface area contributed by atoms with Crippen LogP contribution in [0.25, 0.3) is 0 Å². The molecule has 2 atom stereocenters. The van der Waals surface area contributed by atoms with Gasteiger partial charge in [-0.15, -0.1) is 35.6 Å². The zero-order chi connectivity index (χ0) is 20.6. The Bertz CT molecular complexity index is 933. The Balaban J connectivity index is 0.00000300. The molecule has 0 spiro atoms. The lowest BCUT2D eigenvalue weighted by molar-refractivity contribution is -0.117. The van der Waals surface area contributed by atoms with Gasteiger partial charge in [-0.1, -0.05) is 34.8 Å². The van der Waals surface area contributed by atoms with E-state index in [-0.39, 0.29) is 23.0 Å². The normalized spacial score (nSPS) is 19.1. The minimum atomic E-state index is -1.29. The van der Waals surface area contributed by atoms with Crippen LogP contribution >= 0.6 is 70.4 Å². The molecule has 0 radical (unpaired) electrons. The van der Waals surface area contributed by atoms with Crippen molar-refractivity contribution in [1.29, 1.82) is 0 Å². The maximum atomic E-state index is 12.7. The topological polar surface area (TPSA) is 70.2 Å². The number of hydrogen-bond donors (Lipinski definition) is 3. The van der Waals surface area contributed by atoms with Gasteiger partial charge in [0.2, 0.25) is 5.91 Å². The van der Waals surface area contributed by atoms with Gasteiger partial charge in [0.15, 0.2) is 0 Å². The second-order valence-corrected chi connectivity index (χ2v) is 8.95. The van der Waals surface area contributed by atoms with E-state index in [9.17, 15) is 9.59 Å². The van der Waals surface area contributed by atoms with Crippen LogP contribution in [0.3, 0.4) is 0 Å². The van der Waals surface area contributed by atoms with E-state index < -0.39 is 28.0 Å². The standard InChI is InChI=1S/C18H14Cl5N3O2.ClH/c1-24-26-16(27)12-7-11(2-3-13(12)21)25-17(28)15-14(18(15,22)23)8-4-9(19)6-10(20)5-8;/h2-7,14-15,24H,1H3,(H,25,28)(H,26,27);1H. The third-order valence-corrected chi connectivity index (χ3v) is 6.00. The summed E-state index contributed by atoms with van der Waals surface area (Å²) in [7, 11) is 1.55. The molecule has 0 aliphatic heterocycles. The molecule has 11 heteroatoms. The Kier molecular flexibility index (Phi) is 7.96. The fourth-order valence-electron chi connectivity index (χ4n) is 3.00. The average molecular weight is 518 g/mol. The Labute approximate surface area is 198 Å². The number of amides is 2. The maximum Gasteiger partial charge on any atom is 0.266 e. The van der Waals surface area contributed by atoms with E-state index in [1.165, 1.54) is 12.1 Å². The van der Waals surface area contributed by atoms with Crippen molar-refractivity contribution in [2.45, 2.75) is 10.3 Å². The first-order valence-electron chi connectivity index (χ1n) is 8.06. The van der Waals surface area contributed by atoms with Crippen LogP contribution < -0.4 is 16.2 Å². The molecule has 3 N–H and O–H groups in total. The van der Waals surface area contributed by atoms with Crippen molar-refractivity contribution < 1.29 is 9.59 Å². The molecule has 1 saturated carbocycles. The van der Waals surface area contributed by atoms with Crippen LogP contribution in [-0.2, 0) is 4.79 Å². The minimum absolute atomic E-state index is 0. The number of hydrogen-bond acceptors (Lipinski definition) is 3. The highest BCUT2D eigenvalue weighted by atomic mass is 35.5. The molecule has 2 aromatic carbocycles. The quantitative estimate of drug-likeness (QED) is 0.364. The van der Waals surface area contributed by atoms with Gasteiger partial charge in [0.05, 0.1) is 16.5 Å². The molecule has 2 unspecified atom stereocenters. The Hall–Kier alpha value is -0.920. The molecular weight excluding hydrogens is 503 g/mol. The van der Waals surface area contributed by atoms with Gasteiger partial charge in [-0.05, 0) is 42.0 Å². The monoisotopic (exact) mass is 515 g/mol. The summed E-state index contributed by atoms with van der Waals surface area (Å²) in [6.45, 7) is 0. The summed E-state index contributed by atoms with van der Waals surface area (Å²) in [5, 5.41) is 3.82. The lowest BCUT2D eigenvalue weighted by Gasteiger charge is -2.09. The molecule has 0 saturated heterocycles. The molecule has 1 fully saturated rings. The minimum Gasteiger partial charge on any atom is -0.326 e. The van der Waals surface area contributed by atoms with Gasteiger partial charge in [-0.25, -0.2) is 5.43 Å². The SMILES string of the molecule is CNNC(=O)c1cc(NC(=O)C2C(c3cc(Cl)cc(Cl)c3)C2(Cl)Cl)ccc1Cl.Cl. The highest BCUT2D eigenvalue weighted by Gasteiger charge is 2.67. The van der Waals surface area contributed by atoms with E-state index in [0.29, 0.717) is 21.3 Å². The van der Waals surface area contributed by atoms with Gasteiger partial charge in [0.1, 0.15) is 4.33 Å². The number of carbonyl (C=O) groups excluding carboxylic acids is 2. The van der Waals surface area contributed by atoms with Crippen molar-refractivity contribution in [1.82, 2.24) is 10.9 Å². The molecule has 0 heterocycles. The Morgan fingerprint density at radius 1 is 1.00 bits per heavy atom. The average Bonchev–Trinajstić information content (AvgIpc) is 3.18. The molecule has 0 aromatic heterocycles. The van der Waals surface area contributed by atoms with Crippen molar-refractivity contribution in [3.8, 4) is 0 Å². The van der Waals surface area contributed by atoms with Gasteiger partial charge in [0, 0.05) is 28.7 Å². The predicted molar refractivity (Wildman–Crippen MR) is 121 cm³/mol. The van der Waals surface area contributed by atoms with Crippen molar-refractivity contribution in [3.05, 3.63) is 62.6 Å². The summed E-state index contributed by atoms with van der Waals surface area (Å²) in [4.78, 5) is 24.8. The smallest absolute Gasteiger partial charge is 0.266 e. The largest absolute Gasteiger partial charge is 0.326 e. The first kappa shape index (κ1) is 24.4. The lowest BCUT2D eigenvalue weighted by atomic mass is 10.1. The third-order valence-electron chi connectivity index (χ3n) is 4.30. The first-order chi connectivity index (χ1) is 13.1. The molecule has 2 aromatic rings. The molecule has 0 bridgehead atoms. The summed E-state index contributed by atoms with van der Waals surface area (Å²) in [6, 6.07) is 9.48. The lowest BCUT2D eigenvalue weighted by Crippen LogP contribution is -2.34. The second-order valence-electron chi connectivity index (χ2n) is 6.22. The highest BCUT2D eigenvalue weighted by Crippen LogP contribution is 2.65. The molecule has 3 rings (SSSR count). The van der Waals surface area contributed by atoms with E-state index in [1.807, 2.05) is 0 Å². The van der Waals surface area contributed by atoms with Crippen LogP contribution in [0.15, 0.2) is 36.4 Å². The Morgan fingerprint density at radius 2 is 1.62 bits per heavy atom. The summed E-state index contributed by atoms with van der Waals surface area (Å²) in [6.07, 6.45) is 0. The van der Waals surface area contributed by atoms with Crippen molar-refractivity contribution in [3.63, 3.8) is 0 Å².